The van der Waals surface area contributed by atoms with Crippen molar-refractivity contribution >= 4 is 17.3 Å². The van der Waals surface area contributed by atoms with Crippen LogP contribution in [0.5, 0.6) is 0 Å². The summed E-state index contributed by atoms with van der Waals surface area (Å²) < 4.78 is 0. The summed E-state index contributed by atoms with van der Waals surface area (Å²) in [5, 5.41) is 3.15. The van der Waals surface area contributed by atoms with Gasteiger partial charge in [0, 0.05) is 37.6 Å². The van der Waals surface area contributed by atoms with E-state index in [4.69, 9.17) is 0 Å². The largest absolute Gasteiger partial charge is 0.369 e. The maximum Gasteiger partial charge on any atom is 0.241 e. The van der Waals surface area contributed by atoms with Crippen molar-refractivity contribution in [2.24, 2.45) is 0 Å². The van der Waals surface area contributed by atoms with Crippen LogP contribution in [-0.2, 0) is 4.79 Å². The van der Waals surface area contributed by atoms with E-state index in [2.05, 4.69) is 67.1 Å². The van der Waals surface area contributed by atoms with Crippen molar-refractivity contribution in [3.05, 3.63) is 59.2 Å². The molecule has 1 atom stereocenters. The first-order chi connectivity index (χ1) is 13.4. The summed E-state index contributed by atoms with van der Waals surface area (Å²) in [7, 11) is 0. The van der Waals surface area contributed by atoms with Crippen LogP contribution < -0.4 is 10.2 Å². The monoisotopic (exact) mass is 379 g/mol. The van der Waals surface area contributed by atoms with Crippen LogP contribution in [0.4, 0.5) is 11.4 Å². The van der Waals surface area contributed by atoms with Crippen molar-refractivity contribution < 1.29 is 4.79 Å². The molecular weight excluding hydrogens is 346 g/mol. The number of carbonyl (C=O) groups excluding carboxylic acids is 1. The number of para-hydroxylation sites is 1. The van der Waals surface area contributed by atoms with Crippen LogP contribution in [0, 0.1) is 13.8 Å². The topological polar surface area (TPSA) is 35.6 Å². The van der Waals surface area contributed by atoms with Gasteiger partial charge < -0.3 is 10.2 Å². The summed E-state index contributed by atoms with van der Waals surface area (Å²) in [6.45, 7) is 14.4. The maximum atomic E-state index is 12.9. The zero-order chi connectivity index (χ0) is 20.3. The molecule has 0 saturated carbocycles. The molecule has 1 unspecified atom stereocenters. The average molecular weight is 380 g/mol. The smallest absolute Gasteiger partial charge is 0.241 e. The van der Waals surface area contributed by atoms with E-state index >= 15 is 0 Å². The SMILES string of the molecule is Cc1cccc(N2CCN(C(C)C(=O)Nc3ccccc3C(C)C)CC2)c1C. The summed E-state index contributed by atoms with van der Waals surface area (Å²) in [6, 6.07) is 14.5. The summed E-state index contributed by atoms with van der Waals surface area (Å²) in [5.74, 6) is 0.459. The lowest BCUT2D eigenvalue weighted by Crippen LogP contribution is -2.53. The fourth-order valence-electron chi connectivity index (χ4n) is 3.95. The van der Waals surface area contributed by atoms with E-state index in [1.807, 2.05) is 25.1 Å². The van der Waals surface area contributed by atoms with Gasteiger partial charge in [0.2, 0.25) is 5.91 Å². The predicted octanol–water partition coefficient (Wildman–Crippen LogP) is 4.58. The minimum Gasteiger partial charge on any atom is -0.369 e. The van der Waals surface area contributed by atoms with Gasteiger partial charge in [-0.1, -0.05) is 44.2 Å². The highest BCUT2D eigenvalue weighted by Crippen LogP contribution is 2.26. The molecule has 150 valence electrons. The van der Waals surface area contributed by atoms with Crippen molar-refractivity contribution in [3.63, 3.8) is 0 Å². The number of piperazine rings is 1. The Labute approximate surface area is 169 Å². The van der Waals surface area contributed by atoms with Crippen molar-refractivity contribution in [1.82, 2.24) is 4.90 Å². The Morgan fingerprint density at radius 1 is 0.929 bits per heavy atom. The number of amides is 1. The molecule has 3 rings (SSSR count). The van der Waals surface area contributed by atoms with Crippen LogP contribution in [0.2, 0.25) is 0 Å². The molecule has 1 saturated heterocycles. The molecule has 4 heteroatoms. The first-order valence-electron chi connectivity index (χ1n) is 10.3. The fraction of sp³-hybridized carbons (Fsp3) is 0.458. The van der Waals surface area contributed by atoms with Crippen LogP contribution >= 0.6 is 0 Å². The number of hydrogen-bond acceptors (Lipinski definition) is 3. The van der Waals surface area contributed by atoms with Crippen LogP contribution in [-0.4, -0.2) is 43.0 Å². The zero-order valence-electron chi connectivity index (χ0n) is 17.8. The third-order valence-corrected chi connectivity index (χ3v) is 6.00. The van der Waals surface area contributed by atoms with Gasteiger partial charge in [-0.2, -0.15) is 0 Å². The lowest BCUT2D eigenvalue weighted by molar-refractivity contribution is -0.120. The molecular formula is C24H33N3O. The lowest BCUT2D eigenvalue weighted by Gasteiger charge is -2.39. The number of hydrogen-bond donors (Lipinski definition) is 1. The molecule has 0 spiro atoms. The van der Waals surface area contributed by atoms with Crippen molar-refractivity contribution in [2.45, 2.75) is 46.6 Å². The van der Waals surface area contributed by atoms with E-state index in [1.165, 1.54) is 22.4 Å². The normalized spacial score (nSPS) is 16.3. The van der Waals surface area contributed by atoms with Gasteiger partial charge in [-0.15, -0.1) is 0 Å². The number of rotatable bonds is 5. The molecule has 0 aromatic heterocycles. The highest BCUT2D eigenvalue weighted by atomic mass is 16.2. The van der Waals surface area contributed by atoms with Gasteiger partial charge in [0.15, 0.2) is 0 Å². The minimum atomic E-state index is -0.138. The molecule has 0 bridgehead atoms. The molecule has 0 radical (unpaired) electrons. The number of carbonyl (C=O) groups is 1. The van der Waals surface area contributed by atoms with Crippen molar-refractivity contribution in [2.75, 3.05) is 36.4 Å². The Kier molecular flexibility index (Phi) is 6.40. The van der Waals surface area contributed by atoms with E-state index in [-0.39, 0.29) is 11.9 Å². The molecule has 1 aliphatic rings. The van der Waals surface area contributed by atoms with E-state index in [9.17, 15) is 4.79 Å². The van der Waals surface area contributed by atoms with Gasteiger partial charge in [0.1, 0.15) is 0 Å². The molecule has 1 aliphatic heterocycles. The highest BCUT2D eigenvalue weighted by Gasteiger charge is 2.26. The van der Waals surface area contributed by atoms with Crippen molar-refractivity contribution in [1.29, 1.82) is 0 Å². The Bertz CT molecular complexity index is 822. The summed E-state index contributed by atoms with van der Waals surface area (Å²) in [5.41, 5.74) is 6.12. The van der Waals surface area contributed by atoms with Crippen molar-refractivity contribution in [3.8, 4) is 0 Å². The average Bonchev–Trinajstić information content (AvgIpc) is 2.70. The quantitative estimate of drug-likeness (QED) is 0.826. The van der Waals surface area contributed by atoms with E-state index in [0.717, 1.165) is 31.9 Å². The van der Waals surface area contributed by atoms with Gasteiger partial charge >= 0.3 is 0 Å². The van der Waals surface area contributed by atoms with E-state index < -0.39 is 0 Å². The van der Waals surface area contributed by atoms with Gasteiger partial charge in [-0.25, -0.2) is 0 Å². The number of anilines is 2. The molecule has 2 aromatic carbocycles. The van der Waals surface area contributed by atoms with Crippen LogP contribution in [0.25, 0.3) is 0 Å². The summed E-state index contributed by atoms with van der Waals surface area (Å²) >= 11 is 0. The molecule has 4 nitrogen and oxygen atoms in total. The molecule has 1 fully saturated rings. The van der Waals surface area contributed by atoms with Crippen LogP contribution in [0.1, 0.15) is 43.4 Å². The lowest BCUT2D eigenvalue weighted by atomic mass is 10.0. The van der Waals surface area contributed by atoms with Gasteiger partial charge in [0.05, 0.1) is 6.04 Å². The standard InChI is InChI=1S/C24H33N3O/c1-17(2)21-10-6-7-11-22(21)25-24(28)20(5)26-13-15-27(16-14-26)23-12-8-9-18(3)19(23)4/h6-12,17,20H,13-16H2,1-5H3,(H,25,28). The zero-order valence-corrected chi connectivity index (χ0v) is 17.8. The second-order valence-electron chi connectivity index (χ2n) is 8.15. The Morgan fingerprint density at radius 2 is 1.61 bits per heavy atom. The molecule has 0 aliphatic carbocycles. The van der Waals surface area contributed by atoms with Crippen LogP contribution in [0.3, 0.4) is 0 Å². The minimum absolute atomic E-state index is 0.0771. The molecule has 28 heavy (non-hydrogen) atoms. The Morgan fingerprint density at radius 3 is 2.29 bits per heavy atom. The molecule has 2 aromatic rings. The van der Waals surface area contributed by atoms with Gasteiger partial charge in [-0.3, -0.25) is 9.69 Å². The second-order valence-corrected chi connectivity index (χ2v) is 8.15. The summed E-state index contributed by atoms with van der Waals surface area (Å²) in [4.78, 5) is 17.6. The van der Waals surface area contributed by atoms with Crippen LogP contribution in [0.15, 0.2) is 42.5 Å². The third kappa shape index (κ3) is 4.39. The maximum absolute atomic E-state index is 12.9. The molecule has 1 heterocycles. The Hall–Kier alpha value is -2.33. The summed E-state index contributed by atoms with van der Waals surface area (Å²) in [6.07, 6.45) is 0. The first kappa shape index (κ1) is 20.4. The van der Waals surface area contributed by atoms with Gasteiger partial charge in [0.25, 0.3) is 0 Å². The highest BCUT2D eigenvalue weighted by molar-refractivity contribution is 5.95. The second kappa shape index (κ2) is 8.78. The fourth-order valence-corrected chi connectivity index (χ4v) is 3.95. The first-order valence-corrected chi connectivity index (χ1v) is 10.3. The third-order valence-electron chi connectivity index (χ3n) is 6.00. The number of nitrogens with zero attached hydrogens (tertiary/aromatic N) is 2. The predicted molar refractivity (Wildman–Crippen MR) is 118 cm³/mol. The van der Waals surface area contributed by atoms with Gasteiger partial charge in [-0.05, 0) is 55.5 Å². The number of nitrogens with one attached hydrogen (secondary N) is 1. The van der Waals surface area contributed by atoms with E-state index in [0.29, 0.717) is 5.92 Å². The molecule has 1 amide bonds. The number of benzene rings is 2. The molecule has 1 N–H and O–H groups in total. The number of aryl methyl sites for hydroxylation is 1. The Balaban J connectivity index is 1.61. The van der Waals surface area contributed by atoms with E-state index in [1.54, 1.807) is 0 Å².